The third-order valence-electron chi connectivity index (χ3n) is 1.47. The molecule has 1 heterocycles. The van der Waals surface area contributed by atoms with E-state index in [1.54, 1.807) is 20.1 Å². The molecule has 0 amide bonds. The number of hydrogen-bond acceptors (Lipinski definition) is 5. The molecule has 1 rings (SSSR count). The zero-order valence-corrected chi connectivity index (χ0v) is 7.87. The summed E-state index contributed by atoms with van der Waals surface area (Å²) in [6, 6.07) is 1.70. The molecule has 0 spiro atoms. The molecule has 0 bridgehead atoms. The van der Waals surface area contributed by atoms with Gasteiger partial charge in [0.1, 0.15) is 17.5 Å². The van der Waals surface area contributed by atoms with Crippen LogP contribution < -0.4 is 11.1 Å². The lowest BCUT2D eigenvalue weighted by molar-refractivity contribution is 0.210. The molecule has 72 valence electrons. The quantitative estimate of drug-likeness (QED) is 0.660. The highest BCUT2D eigenvalue weighted by Crippen LogP contribution is 2.06. The monoisotopic (exact) mass is 182 g/mol. The summed E-state index contributed by atoms with van der Waals surface area (Å²) in [5.74, 6) is 1.88. The summed E-state index contributed by atoms with van der Waals surface area (Å²) in [6.07, 6.45) is 0. The van der Waals surface area contributed by atoms with Gasteiger partial charge < -0.3 is 15.8 Å². The van der Waals surface area contributed by atoms with Gasteiger partial charge in [0.15, 0.2) is 0 Å². The molecule has 5 heteroatoms. The number of anilines is 2. The van der Waals surface area contributed by atoms with Crippen molar-refractivity contribution in [2.24, 2.45) is 0 Å². The largest absolute Gasteiger partial charge is 0.384 e. The first-order valence-corrected chi connectivity index (χ1v) is 4.06. The van der Waals surface area contributed by atoms with E-state index in [-0.39, 0.29) is 0 Å². The van der Waals surface area contributed by atoms with E-state index in [1.165, 1.54) is 0 Å². The standard InChI is InChI=1S/C8H14N4O/c1-6-11-7(9)5-8(12-6)10-3-4-13-2/h5H,3-4H2,1-2H3,(H3,9,10,11,12). The zero-order valence-electron chi connectivity index (χ0n) is 7.87. The SMILES string of the molecule is COCCNc1cc(N)nc(C)n1. The van der Waals surface area contributed by atoms with Crippen LogP contribution in [0.5, 0.6) is 0 Å². The number of rotatable bonds is 4. The van der Waals surface area contributed by atoms with Crippen LogP contribution in [0.4, 0.5) is 11.6 Å². The summed E-state index contributed by atoms with van der Waals surface area (Å²) in [7, 11) is 1.65. The van der Waals surface area contributed by atoms with Crippen LogP contribution in [-0.2, 0) is 4.74 Å². The lowest BCUT2D eigenvalue weighted by Gasteiger charge is -2.05. The molecule has 0 saturated heterocycles. The van der Waals surface area contributed by atoms with Crippen molar-refractivity contribution >= 4 is 11.6 Å². The summed E-state index contributed by atoms with van der Waals surface area (Å²) >= 11 is 0. The Kier molecular flexibility index (Phi) is 3.45. The van der Waals surface area contributed by atoms with Crippen LogP contribution in [0.1, 0.15) is 5.82 Å². The number of nitrogens with two attached hydrogens (primary N) is 1. The Morgan fingerprint density at radius 1 is 1.54 bits per heavy atom. The smallest absolute Gasteiger partial charge is 0.131 e. The molecular weight excluding hydrogens is 168 g/mol. The van der Waals surface area contributed by atoms with Crippen molar-refractivity contribution in [3.8, 4) is 0 Å². The Morgan fingerprint density at radius 2 is 2.31 bits per heavy atom. The normalized spacial score (nSPS) is 10.0. The maximum Gasteiger partial charge on any atom is 0.131 e. The molecule has 0 radical (unpaired) electrons. The van der Waals surface area contributed by atoms with E-state index >= 15 is 0 Å². The van der Waals surface area contributed by atoms with Gasteiger partial charge in [0, 0.05) is 19.7 Å². The minimum Gasteiger partial charge on any atom is -0.384 e. The third kappa shape index (κ3) is 3.25. The Labute approximate surface area is 77.3 Å². The van der Waals surface area contributed by atoms with Crippen molar-refractivity contribution in [3.05, 3.63) is 11.9 Å². The molecule has 0 atom stereocenters. The van der Waals surface area contributed by atoms with E-state index < -0.39 is 0 Å². The van der Waals surface area contributed by atoms with Crippen LogP contribution in [0.2, 0.25) is 0 Å². The predicted octanol–water partition coefficient (Wildman–Crippen LogP) is 0.426. The summed E-state index contributed by atoms with van der Waals surface area (Å²) in [4.78, 5) is 8.11. The van der Waals surface area contributed by atoms with Gasteiger partial charge in [0.25, 0.3) is 0 Å². The minimum atomic E-state index is 0.479. The Hall–Kier alpha value is -1.36. The van der Waals surface area contributed by atoms with Crippen molar-refractivity contribution in [1.29, 1.82) is 0 Å². The summed E-state index contributed by atoms with van der Waals surface area (Å²) in [5, 5.41) is 3.07. The van der Waals surface area contributed by atoms with Gasteiger partial charge in [-0.1, -0.05) is 0 Å². The fraction of sp³-hybridized carbons (Fsp3) is 0.500. The van der Waals surface area contributed by atoms with E-state index in [0.717, 1.165) is 5.82 Å². The lowest BCUT2D eigenvalue weighted by atomic mass is 10.5. The summed E-state index contributed by atoms with van der Waals surface area (Å²) < 4.78 is 4.89. The van der Waals surface area contributed by atoms with Gasteiger partial charge in [0.2, 0.25) is 0 Å². The van der Waals surface area contributed by atoms with Crippen LogP contribution >= 0.6 is 0 Å². The van der Waals surface area contributed by atoms with Gasteiger partial charge in [0.05, 0.1) is 6.61 Å². The molecule has 13 heavy (non-hydrogen) atoms. The number of nitrogens with zero attached hydrogens (tertiary/aromatic N) is 2. The number of hydrogen-bond donors (Lipinski definition) is 2. The highest BCUT2D eigenvalue weighted by atomic mass is 16.5. The molecule has 0 aliphatic rings. The van der Waals surface area contributed by atoms with Crippen molar-refractivity contribution in [2.45, 2.75) is 6.92 Å². The first kappa shape index (κ1) is 9.73. The number of aryl methyl sites for hydroxylation is 1. The zero-order chi connectivity index (χ0) is 9.68. The predicted molar refractivity (Wildman–Crippen MR) is 51.5 cm³/mol. The van der Waals surface area contributed by atoms with Gasteiger partial charge in [-0.2, -0.15) is 0 Å². The molecule has 0 saturated carbocycles. The molecule has 0 unspecified atom stereocenters. The Balaban J connectivity index is 2.56. The molecule has 5 nitrogen and oxygen atoms in total. The van der Waals surface area contributed by atoms with Crippen LogP contribution in [0.25, 0.3) is 0 Å². The van der Waals surface area contributed by atoms with Crippen LogP contribution in [0.15, 0.2) is 6.07 Å². The number of nitrogen functional groups attached to an aromatic ring is 1. The molecule has 0 aliphatic heterocycles. The number of ether oxygens (including phenoxy) is 1. The molecule has 0 aromatic carbocycles. The minimum absolute atomic E-state index is 0.479. The Morgan fingerprint density at radius 3 is 2.92 bits per heavy atom. The summed E-state index contributed by atoms with van der Waals surface area (Å²) in [6.45, 7) is 3.16. The van der Waals surface area contributed by atoms with Crippen LogP contribution in [0.3, 0.4) is 0 Å². The first-order valence-electron chi connectivity index (χ1n) is 4.06. The fourth-order valence-electron chi connectivity index (χ4n) is 0.963. The van der Waals surface area contributed by atoms with Crippen molar-refractivity contribution in [1.82, 2.24) is 9.97 Å². The average molecular weight is 182 g/mol. The van der Waals surface area contributed by atoms with E-state index in [4.69, 9.17) is 10.5 Å². The highest BCUT2D eigenvalue weighted by Gasteiger charge is 1.97. The van der Waals surface area contributed by atoms with Gasteiger partial charge in [-0.25, -0.2) is 9.97 Å². The number of aromatic nitrogens is 2. The van der Waals surface area contributed by atoms with Crippen molar-refractivity contribution in [2.75, 3.05) is 31.3 Å². The summed E-state index contributed by atoms with van der Waals surface area (Å²) in [5.41, 5.74) is 5.54. The van der Waals surface area contributed by atoms with E-state index in [1.807, 2.05) is 0 Å². The lowest BCUT2D eigenvalue weighted by Crippen LogP contribution is -2.10. The molecule has 3 N–H and O–H groups in total. The van der Waals surface area contributed by atoms with Gasteiger partial charge in [-0.15, -0.1) is 0 Å². The van der Waals surface area contributed by atoms with E-state index in [9.17, 15) is 0 Å². The van der Waals surface area contributed by atoms with Gasteiger partial charge >= 0.3 is 0 Å². The average Bonchev–Trinajstić information content (AvgIpc) is 2.03. The number of nitrogens with one attached hydrogen (secondary N) is 1. The topological polar surface area (TPSA) is 73.1 Å². The molecule has 0 aliphatic carbocycles. The molecule has 0 fully saturated rings. The second kappa shape index (κ2) is 4.61. The van der Waals surface area contributed by atoms with E-state index in [0.29, 0.717) is 24.8 Å². The second-order valence-corrected chi connectivity index (χ2v) is 2.64. The van der Waals surface area contributed by atoms with Gasteiger partial charge in [-0.3, -0.25) is 0 Å². The van der Waals surface area contributed by atoms with Crippen molar-refractivity contribution in [3.63, 3.8) is 0 Å². The molecule has 1 aromatic rings. The molecule has 1 aromatic heterocycles. The van der Waals surface area contributed by atoms with Crippen LogP contribution in [-0.4, -0.2) is 30.2 Å². The van der Waals surface area contributed by atoms with E-state index in [2.05, 4.69) is 15.3 Å². The highest BCUT2D eigenvalue weighted by molar-refractivity contribution is 5.44. The maximum absolute atomic E-state index is 5.54. The van der Waals surface area contributed by atoms with Crippen molar-refractivity contribution < 1.29 is 4.74 Å². The Bertz CT molecular complexity index is 257. The second-order valence-electron chi connectivity index (χ2n) is 2.64. The van der Waals surface area contributed by atoms with Gasteiger partial charge in [-0.05, 0) is 6.92 Å². The number of methoxy groups -OCH3 is 1. The fourth-order valence-corrected chi connectivity index (χ4v) is 0.963. The third-order valence-corrected chi connectivity index (χ3v) is 1.47. The first-order chi connectivity index (χ1) is 6.22. The molecular formula is C8H14N4O. The van der Waals surface area contributed by atoms with Crippen LogP contribution in [0, 0.1) is 6.92 Å². The maximum atomic E-state index is 5.54.